The number of ether oxygens (including phenoxy) is 2. The van der Waals surface area contributed by atoms with Crippen molar-refractivity contribution in [2.24, 2.45) is 0 Å². The molecule has 2 rings (SSSR count). The summed E-state index contributed by atoms with van der Waals surface area (Å²) in [6.07, 6.45) is -0.377. The minimum Gasteiger partial charge on any atom is -0.493 e. The molecule has 1 unspecified atom stereocenters. The van der Waals surface area contributed by atoms with E-state index in [4.69, 9.17) is 21.1 Å². The lowest BCUT2D eigenvalue weighted by Gasteiger charge is -2.15. The van der Waals surface area contributed by atoms with Crippen LogP contribution in [0.1, 0.15) is 18.1 Å². The number of hydrogen-bond acceptors (Lipinski definition) is 4. The number of hydrogen-bond donors (Lipinski definition) is 2. The Morgan fingerprint density at radius 1 is 1.20 bits per heavy atom. The lowest BCUT2D eigenvalue weighted by Crippen LogP contribution is -2.23. The van der Waals surface area contributed by atoms with Crippen LogP contribution in [0.5, 0.6) is 11.5 Å². The zero-order valence-corrected chi connectivity index (χ0v) is 17.2. The van der Waals surface area contributed by atoms with Crippen LogP contribution in [-0.2, 0) is 13.2 Å². The van der Waals surface area contributed by atoms with E-state index in [1.807, 2.05) is 36.4 Å². The number of methoxy groups -OCH3 is 1. The molecule has 0 saturated heterocycles. The number of aliphatic hydroxyl groups excluding tert-OH is 1. The SMILES string of the molecule is COc1cc(CNCC(C)O)cc(Br)c1OCc1ccc(Cl)cc1.Cl. The first-order valence-corrected chi connectivity index (χ1v) is 8.79. The second kappa shape index (κ2) is 10.9. The highest BCUT2D eigenvalue weighted by Gasteiger charge is 2.12. The summed E-state index contributed by atoms with van der Waals surface area (Å²) < 4.78 is 12.2. The largest absolute Gasteiger partial charge is 0.493 e. The Morgan fingerprint density at radius 3 is 2.48 bits per heavy atom. The van der Waals surface area contributed by atoms with Crippen molar-refractivity contribution < 1.29 is 14.6 Å². The average Bonchev–Trinajstić information content (AvgIpc) is 2.54. The number of nitrogens with one attached hydrogen (secondary N) is 1. The third-order valence-electron chi connectivity index (χ3n) is 3.35. The minimum absolute atomic E-state index is 0. The predicted molar refractivity (Wildman–Crippen MR) is 107 cm³/mol. The maximum absolute atomic E-state index is 9.30. The van der Waals surface area contributed by atoms with E-state index in [0.29, 0.717) is 36.2 Å². The van der Waals surface area contributed by atoms with Gasteiger partial charge in [-0.2, -0.15) is 0 Å². The summed E-state index contributed by atoms with van der Waals surface area (Å²) in [5.41, 5.74) is 2.06. The zero-order valence-electron chi connectivity index (χ0n) is 14.1. The molecule has 0 bridgehead atoms. The first-order chi connectivity index (χ1) is 11.5. The van der Waals surface area contributed by atoms with Gasteiger partial charge in [0.1, 0.15) is 6.61 Å². The molecule has 0 heterocycles. The lowest BCUT2D eigenvalue weighted by molar-refractivity contribution is 0.191. The van der Waals surface area contributed by atoms with Gasteiger partial charge < -0.3 is 19.9 Å². The van der Waals surface area contributed by atoms with E-state index < -0.39 is 0 Å². The maximum atomic E-state index is 9.30. The van der Waals surface area contributed by atoms with E-state index in [1.165, 1.54) is 0 Å². The molecule has 7 heteroatoms. The van der Waals surface area contributed by atoms with Gasteiger partial charge in [-0.25, -0.2) is 0 Å². The van der Waals surface area contributed by atoms with Gasteiger partial charge in [-0.1, -0.05) is 23.7 Å². The average molecular weight is 451 g/mol. The smallest absolute Gasteiger partial charge is 0.175 e. The van der Waals surface area contributed by atoms with Gasteiger partial charge in [-0.05, 0) is 58.2 Å². The molecule has 4 nitrogen and oxygen atoms in total. The molecule has 2 N–H and O–H groups in total. The van der Waals surface area contributed by atoms with E-state index in [1.54, 1.807) is 14.0 Å². The molecular weight excluding hydrogens is 429 g/mol. The predicted octanol–water partition coefficient (Wildman–Crippen LogP) is 4.58. The van der Waals surface area contributed by atoms with Crippen molar-refractivity contribution in [3.63, 3.8) is 0 Å². The van der Waals surface area contributed by atoms with Crippen LogP contribution < -0.4 is 14.8 Å². The fraction of sp³-hybridized carbons (Fsp3) is 0.333. The molecular formula is C18H22BrCl2NO3. The zero-order chi connectivity index (χ0) is 17.5. The van der Waals surface area contributed by atoms with Crippen LogP contribution >= 0.6 is 39.9 Å². The monoisotopic (exact) mass is 449 g/mol. The van der Waals surface area contributed by atoms with Crippen molar-refractivity contribution in [3.05, 3.63) is 57.0 Å². The van der Waals surface area contributed by atoms with E-state index >= 15 is 0 Å². The summed E-state index contributed by atoms with van der Waals surface area (Å²) in [7, 11) is 1.62. The van der Waals surface area contributed by atoms with Gasteiger partial charge in [0.2, 0.25) is 0 Å². The Hall–Kier alpha value is -0.980. The molecule has 0 aliphatic carbocycles. The van der Waals surface area contributed by atoms with Gasteiger partial charge in [0.05, 0.1) is 17.7 Å². The number of rotatable bonds is 8. The molecule has 0 aliphatic heterocycles. The minimum atomic E-state index is -0.377. The van der Waals surface area contributed by atoms with Crippen molar-refractivity contribution in [1.82, 2.24) is 5.32 Å². The van der Waals surface area contributed by atoms with Crippen LogP contribution in [0, 0.1) is 0 Å². The second-order valence-corrected chi connectivity index (χ2v) is 6.79. The Bertz CT molecular complexity index is 666. The summed E-state index contributed by atoms with van der Waals surface area (Å²) in [6.45, 7) is 3.34. The number of aliphatic hydroxyl groups is 1. The molecule has 2 aromatic rings. The summed E-state index contributed by atoms with van der Waals surface area (Å²) in [5, 5.41) is 13.2. The van der Waals surface area contributed by atoms with E-state index in [9.17, 15) is 5.11 Å². The van der Waals surface area contributed by atoms with E-state index in [2.05, 4.69) is 21.2 Å². The van der Waals surface area contributed by atoms with Crippen LogP contribution in [0.3, 0.4) is 0 Å². The normalized spacial score (nSPS) is 11.6. The van der Waals surface area contributed by atoms with Gasteiger partial charge in [-0.3, -0.25) is 0 Å². The van der Waals surface area contributed by atoms with Crippen LogP contribution in [0.4, 0.5) is 0 Å². The number of benzene rings is 2. The standard InChI is InChI=1S/C18H21BrClNO3.ClH/c1-12(22)9-21-10-14-7-16(19)18(17(8-14)23-2)24-11-13-3-5-15(20)6-4-13;/h3-8,12,21-22H,9-11H2,1-2H3;1H. The topological polar surface area (TPSA) is 50.7 Å². The van der Waals surface area contributed by atoms with Gasteiger partial charge in [-0.15, -0.1) is 12.4 Å². The molecule has 0 fully saturated rings. The van der Waals surface area contributed by atoms with Gasteiger partial charge >= 0.3 is 0 Å². The van der Waals surface area contributed by atoms with Crippen LogP contribution in [-0.4, -0.2) is 24.9 Å². The van der Waals surface area contributed by atoms with Crippen molar-refractivity contribution >= 4 is 39.9 Å². The van der Waals surface area contributed by atoms with E-state index in [-0.39, 0.29) is 18.5 Å². The Kier molecular flexibility index (Phi) is 9.61. The molecule has 0 saturated carbocycles. The second-order valence-electron chi connectivity index (χ2n) is 5.50. The molecule has 1 atom stereocenters. The van der Waals surface area contributed by atoms with Crippen molar-refractivity contribution in [3.8, 4) is 11.5 Å². The summed E-state index contributed by atoms with van der Waals surface area (Å²) in [4.78, 5) is 0. The fourth-order valence-electron chi connectivity index (χ4n) is 2.18. The third kappa shape index (κ3) is 7.04. The molecule has 0 aliphatic rings. The van der Waals surface area contributed by atoms with Crippen molar-refractivity contribution in [2.45, 2.75) is 26.2 Å². The van der Waals surface area contributed by atoms with Crippen molar-refractivity contribution in [1.29, 1.82) is 0 Å². The molecule has 0 aromatic heterocycles. The molecule has 0 radical (unpaired) electrons. The first kappa shape index (κ1) is 22.1. The quantitative estimate of drug-likeness (QED) is 0.617. The molecule has 0 amide bonds. The Morgan fingerprint density at radius 2 is 1.88 bits per heavy atom. The fourth-order valence-corrected chi connectivity index (χ4v) is 2.91. The molecule has 138 valence electrons. The van der Waals surface area contributed by atoms with E-state index in [0.717, 1.165) is 15.6 Å². The summed E-state index contributed by atoms with van der Waals surface area (Å²) in [5.74, 6) is 1.32. The van der Waals surface area contributed by atoms with Crippen LogP contribution in [0.25, 0.3) is 0 Å². The first-order valence-electron chi connectivity index (χ1n) is 7.62. The highest BCUT2D eigenvalue weighted by atomic mass is 79.9. The summed E-state index contributed by atoms with van der Waals surface area (Å²) in [6, 6.07) is 11.4. The van der Waals surface area contributed by atoms with Crippen molar-refractivity contribution in [2.75, 3.05) is 13.7 Å². The number of halogens is 3. The highest BCUT2D eigenvalue weighted by molar-refractivity contribution is 9.10. The van der Waals surface area contributed by atoms with Crippen LogP contribution in [0.2, 0.25) is 5.02 Å². The van der Waals surface area contributed by atoms with Crippen LogP contribution in [0.15, 0.2) is 40.9 Å². The molecule has 0 spiro atoms. The lowest BCUT2D eigenvalue weighted by atomic mass is 10.2. The Balaban J connectivity index is 0.00000312. The maximum Gasteiger partial charge on any atom is 0.175 e. The Labute approximate surface area is 168 Å². The summed E-state index contributed by atoms with van der Waals surface area (Å²) >= 11 is 9.43. The molecule has 2 aromatic carbocycles. The molecule has 25 heavy (non-hydrogen) atoms. The van der Waals surface area contributed by atoms with Gasteiger partial charge in [0.15, 0.2) is 11.5 Å². The third-order valence-corrected chi connectivity index (χ3v) is 4.20. The highest BCUT2D eigenvalue weighted by Crippen LogP contribution is 2.37. The van der Waals surface area contributed by atoms with Gasteiger partial charge in [0, 0.05) is 18.1 Å². The van der Waals surface area contributed by atoms with Gasteiger partial charge in [0.25, 0.3) is 0 Å².